The highest BCUT2D eigenvalue weighted by atomic mass is 16.6. The van der Waals surface area contributed by atoms with Crippen LogP contribution in [0.4, 0.5) is 4.79 Å². The van der Waals surface area contributed by atoms with Crippen LogP contribution in [-0.2, 0) is 28.6 Å². The van der Waals surface area contributed by atoms with Crippen molar-refractivity contribution in [2.75, 3.05) is 13.2 Å². The Bertz CT molecular complexity index is 795. The minimum Gasteiger partial charge on any atom is -0.460 e. The lowest BCUT2D eigenvalue weighted by Gasteiger charge is -2.22. The summed E-state index contributed by atoms with van der Waals surface area (Å²) in [5, 5.41) is 2.22. The van der Waals surface area contributed by atoms with E-state index in [0.29, 0.717) is 0 Å². The molecule has 0 fully saturated rings. The first-order valence-corrected chi connectivity index (χ1v) is 9.08. The third-order valence-corrected chi connectivity index (χ3v) is 3.37. The highest BCUT2D eigenvalue weighted by molar-refractivity contribution is 6.40. The standard InChI is InChI=1S/C21H25NO8/c1-5-11-28-20(27)22-15(12-17(24)30-21(2,3)4)16(23)13-29-19(26)18(25)14-9-7-6-8-10-14/h5-10,15H,1,11-13H2,2-4H3,(H,22,27). The summed E-state index contributed by atoms with van der Waals surface area (Å²) in [5.41, 5.74) is -0.700. The fourth-order valence-electron chi connectivity index (χ4n) is 2.12. The van der Waals surface area contributed by atoms with E-state index in [2.05, 4.69) is 11.9 Å². The Balaban J connectivity index is 2.76. The molecular weight excluding hydrogens is 394 g/mol. The van der Waals surface area contributed by atoms with Crippen LogP contribution in [0.3, 0.4) is 0 Å². The van der Waals surface area contributed by atoms with Gasteiger partial charge in [-0.25, -0.2) is 9.59 Å². The zero-order valence-corrected chi connectivity index (χ0v) is 17.1. The Morgan fingerprint density at radius 1 is 1.07 bits per heavy atom. The number of carbonyl (C=O) groups is 5. The van der Waals surface area contributed by atoms with E-state index in [0.717, 1.165) is 0 Å². The van der Waals surface area contributed by atoms with E-state index in [1.165, 1.54) is 18.2 Å². The van der Waals surface area contributed by atoms with Crippen molar-refractivity contribution in [3.63, 3.8) is 0 Å². The number of rotatable bonds is 10. The van der Waals surface area contributed by atoms with Gasteiger partial charge in [0.15, 0.2) is 12.4 Å². The molecule has 1 amide bonds. The average molecular weight is 419 g/mol. The summed E-state index contributed by atoms with van der Waals surface area (Å²) in [5.74, 6) is -3.73. The summed E-state index contributed by atoms with van der Waals surface area (Å²) >= 11 is 0. The van der Waals surface area contributed by atoms with Gasteiger partial charge in [0.25, 0.3) is 5.78 Å². The predicted octanol–water partition coefficient (Wildman–Crippen LogP) is 1.99. The molecule has 0 saturated carbocycles. The molecule has 1 rings (SSSR count). The number of nitrogens with one attached hydrogen (secondary N) is 1. The molecule has 0 spiro atoms. The lowest BCUT2D eigenvalue weighted by atomic mass is 10.1. The number of ketones is 2. The molecule has 0 radical (unpaired) electrons. The number of hydrogen-bond acceptors (Lipinski definition) is 8. The highest BCUT2D eigenvalue weighted by Gasteiger charge is 2.29. The molecule has 9 nitrogen and oxygen atoms in total. The van der Waals surface area contributed by atoms with Gasteiger partial charge in [0.05, 0.1) is 6.42 Å². The first kappa shape index (κ1) is 24.5. The van der Waals surface area contributed by atoms with Crippen molar-refractivity contribution in [3.05, 3.63) is 48.6 Å². The maximum atomic E-state index is 12.4. The average Bonchev–Trinajstić information content (AvgIpc) is 2.68. The lowest BCUT2D eigenvalue weighted by molar-refractivity contribution is -0.156. The second kappa shape index (κ2) is 11.5. The minimum absolute atomic E-state index is 0.103. The van der Waals surface area contributed by atoms with E-state index in [1.54, 1.807) is 39.0 Å². The molecule has 0 saturated heterocycles. The molecule has 1 atom stereocenters. The van der Waals surface area contributed by atoms with Crippen molar-refractivity contribution in [2.45, 2.75) is 38.8 Å². The van der Waals surface area contributed by atoms with Crippen LogP contribution in [0.25, 0.3) is 0 Å². The molecule has 9 heteroatoms. The number of esters is 2. The second-order valence-corrected chi connectivity index (χ2v) is 7.11. The monoisotopic (exact) mass is 419 g/mol. The van der Waals surface area contributed by atoms with Gasteiger partial charge in [-0.15, -0.1) is 0 Å². The largest absolute Gasteiger partial charge is 0.460 e. The van der Waals surface area contributed by atoms with Gasteiger partial charge < -0.3 is 19.5 Å². The molecule has 0 aliphatic rings. The van der Waals surface area contributed by atoms with E-state index in [1.807, 2.05) is 0 Å². The molecule has 1 aromatic rings. The number of hydrogen-bond donors (Lipinski definition) is 1. The lowest BCUT2D eigenvalue weighted by Crippen LogP contribution is -2.45. The van der Waals surface area contributed by atoms with Crippen molar-refractivity contribution >= 4 is 29.6 Å². The number of ether oxygens (including phenoxy) is 3. The maximum Gasteiger partial charge on any atom is 0.408 e. The molecule has 162 valence electrons. The first-order chi connectivity index (χ1) is 14.0. The van der Waals surface area contributed by atoms with Gasteiger partial charge in [-0.2, -0.15) is 0 Å². The van der Waals surface area contributed by atoms with Crippen LogP contribution in [0.2, 0.25) is 0 Å². The fraction of sp³-hybridized carbons (Fsp3) is 0.381. The summed E-state index contributed by atoms with van der Waals surface area (Å²) in [4.78, 5) is 60.2. The van der Waals surface area contributed by atoms with Crippen LogP contribution in [0.5, 0.6) is 0 Å². The number of amides is 1. The Kier molecular flexibility index (Phi) is 9.41. The van der Waals surface area contributed by atoms with Crippen LogP contribution in [0.15, 0.2) is 43.0 Å². The summed E-state index contributed by atoms with van der Waals surface area (Å²) in [6, 6.07) is 6.28. The van der Waals surface area contributed by atoms with Gasteiger partial charge in [-0.1, -0.05) is 43.0 Å². The first-order valence-electron chi connectivity index (χ1n) is 9.08. The van der Waals surface area contributed by atoms with Gasteiger partial charge in [0.2, 0.25) is 0 Å². The van der Waals surface area contributed by atoms with Crippen molar-refractivity contribution in [2.24, 2.45) is 0 Å². The highest BCUT2D eigenvalue weighted by Crippen LogP contribution is 2.10. The smallest absolute Gasteiger partial charge is 0.408 e. The Morgan fingerprint density at radius 3 is 2.27 bits per heavy atom. The van der Waals surface area contributed by atoms with Crippen molar-refractivity contribution in [3.8, 4) is 0 Å². The number of alkyl carbamates (subject to hydrolysis) is 1. The van der Waals surface area contributed by atoms with Crippen LogP contribution < -0.4 is 5.32 Å². The summed E-state index contributed by atoms with van der Waals surface area (Å²) < 4.78 is 14.6. The van der Waals surface area contributed by atoms with E-state index in [4.69, 9.17) is 14.2 Å². The normalized spacial score (nSPS) is 11.6. The summed E-state index contributed by atoms with van der Waals surface area (Å²) in [6.07, 6.45) is -0.159. The van der Waals surface area contributed by atoms with Crippen LogP contribution >= 0.6 is 0 Å². The third kappa shape index (κ3) is 9.13. The fourth-order valence-corrected chi connectivity index (χ4v) is 2.12. The van der Waals surface area contributed by atoms with Crippen molar-refractivity contribution in [1.82, 2.24) is 5.32 Å². The van der Waals surface area contributed by atoms with E-state index < -0.39 is 54.3 Å². The number of carbonyl (C=O) groups excluding carboxylic acids is 5. The molecule has 0 bridgehead atoms. The van der Waals surface area contributed by atoms with E-state index in [9.17, 15) is 24.0 Å². The molecule has 1 N–H and O–H groups in total. The SMILES string of the molecule is C=CCOC(=O)NC(CC(=O)OC(C)(C)C)C(=O)COC(=O)C(=O)c1ccccc1. The van der Waals surface area contributed by atoms with E-state index >= 15 is 0 Å². The predicted molar refractivity (Wildman–Crippen MR) is 106 cm³/mol. The summed E-state index contributed by atoms with van der Waals surface area (Å²) in [7, 11) is 0. The Morgan fingerprint density at radius 2 is 1.70 bits per heavy atom. The van der Waals surface area contributed by atoms with Crippen molar-refractivity contribution in [1.29, 1.82) is 0 Å². The third-order valence-electron chi connectivity index (χ3n) is 3.37. The van der Waals surface area contributed by atoms with Gasteiger partial charge in [-0.3, -0.25) is 14.4 Å². The quantitative estimate of drug-likeness (QED) is 0.201. The molecule has 1 aromatic carbocycles. The molecular formula is C21H25NO8. The zero-order chi connectivity index (χ0) is 22.7. The number of benzene rings is 1. The molecule has 0 heterocycles. The van der Waals surface area contributed by atoms with E-state index in [-0.39, 0.29) is 12.2 Å². The number of Topliss-reactive ketones (excluding diaryl/α,β-unsaturated/α-hetero) is 2. The molecule has 30 heavy (non-hydrogen) atoms. The van der Waals surface area contributed by atoms with Gasteiger partial charge in [0.1, 0.15) is 18.2 Å². The molecule has 0 aliphatic heterocycles. The Hall–Kier alpha value is -3.49. The van der Waals surface area contributed by atoms with Gasteiger partial charge in [0, 0.05) is 5.56 Å². The maximum absolute atomic E-state index is 12.4. The van der Waals surface area contributed by atoms with Gasteiger partial charge >= 0.3 is 18.0 Å². The topological polar surface area (TPSA) is 125 Å². The minimum atomic E-state index is -1.38. The van der Waals surface area contributed by atoms with Crippen LogP contribution in [0, 0.1) is 0 Å². The van der Waals surface area contributed by atoms with Crippen LogP contribution in [-0.4, -0.2) is 54.5 Å². The van der Waals surface area contributed by atoms with Gasteiger partial charge in [-0.05, 0) is 20.8 Å². The Labute approximate surface area is 174 Å². The van der Waals surface area contributed by atoms with Crippen LogP contribution in [0.1, 0.15) is 37.6 Å². The molecule has 1 unspecified atom stereocenters. The van der Waals surface area contributed by atoms with Crippen molar-refractivity contribution < 1.29 is 38.2 Å². The zero-order valence-electron chi connectivity index (χ0n) is 17.1. The molecule has 0 aromatic heterocycles. The summed E-state index contributed by atoms with van der Waals surface area (Å²) in [6.45, 7) is 7.38. The second-order valence-electron chi connectivity index (χ2n) is 7.11. The molecule has 0 aliphatic carbocycles.